The van der Waals surface area contributed by atoms with Crippen molar-refractivity contribution in [3.8, 4) is 0 Å². The van der Waals surface area contributed by atoms with Gasteiger partial charge in [-0.15, -0.1) is 0 Å². The van der Waals surface area contributed by atoms with Crippen LogP contribution >= 0.6 is 0 Å². The molecule has 7 nitrogen and oxygen atoms in total. The minimum atomic E-state index is -0.166. The summed E-state index contributed by atoms with van der Waals surface area (Å²) in [6, 6.07) is 6.74. The van der Waals surface area contributed by atoms with Crippen molar-refractivity contribution >= 4 is 23.5 Å². The molecule has 0 bridgehead atoms. The number of hydrogen-bond donors (Lipinski definition) is 3. The fraction of sp³-hybridized carbons (Fsp3) is 0.500. The highest BCUT2D eigenvalue weighted by atomic mass is 16.5. The molecule has 0 spiro atoms. The van der Waals surface area contributed by atoms with Crippen molar-refractivity contribution in [2.45, 2.75) is 19.8 Å². The SMILES string of the molecule is CCOC(=O)[C@H]1CCC[NH+](CC(=O)Nc2ccc(C(=O)NC)cc2)C1. The maximum absolute atomic E-state index is 12.2. The number of carbonyl (C=O) groups excluding carboxylic acids is 3. The van der Waals surface area contributed by atoms with Crippen molar-refractivity contribution < 1.29 is 24.0 Å². The normalized spacial score (nSPS) is 19.8. The van der Waals surface area contributed by atoms with E-state index in [-0.39, 0.29) is 23.7 Å². The second-order valence-electron chi connectivity index (χ2n) is 6.18. The third-order valence-electron chi connectivity index (χ3n) is 4.31. The fourth-order valence-corrected chi connectivity index (χ4v) is 3.05. The Bertz CT molecular complexity index is 615. The molecule has 1 saturated heterocycles. The van der Waals surface area contributed by atoms with E-state index in [1.54, 1.807) is 38.2 Å². The quantitative estimate of drug-likeness (QED) is 0.624. The first-order valence-electron chi connectivity index (χ1n) is 8.65. The van der Waals surface area contributed by atoms with Crippen LogP contribution in [0.5, 0.6) is 0 Å². The van der Waals surface area contributed by atoms with Gasteiger partial charge in [-0.1, -0.05) is 0 Å². The molecule has 0 aromatic heterocycles. The lowest BCUT2D eigenvalue weighted by atomic mass is 9.98. The third-order valence-corrected chi connectivity index (χ3v) is 4.31. The van der Waals surface area contributed by atoms with Gasteiger partial charge in [-0.3, -0.25) is 14.4 Å². The Morgan fingerprint density at radius 3 is 2.60 bits per heavy atom. The van der Waals surface area contributed by atoms with Crippen LogP contribution < -0.4 is 15.5 Å². The first-order valence-corrected chi connectivity index (χ1v) is 8.65. The fourth-order valence-electron chi connectivity index (χ4n) is 3.05. The van der Waals surface area contributed by atoms with Crippen LogP contribution in [0.15, 0.2) is 24.3 Å². The van der Waals surface area contributed by atoms with Crippen LogP contribution in [0.4, 0.5) is 5.69 Å². The average molecular weight is 348 g/mol. The van der Waals surface area contributed by atoms with Gasteiger partial charge in [-0.2, -0.15) is 0 Å². The molecule has 7 heteroatoms. The first-order chi connectivity index (χ1) is 12.0. The number of anilines is 1. The van der Waals surface area contributed by atoms with E-state index in [0.717, 1.165) is 24.3 Å². The second kappa shape index (κ2) is 9.17. The summed E-state index contributed by atoms with van der Waals surface area (Å²) in [4.78, 5) is 36.7. The number of ether oxygens (including phenoxy) is 1. The van der Waals surface area contributed by atoms with Crippen LogP contribution in [0.25, 0.3) is 0 Å². The van der Waals surface area contributed by atoms with Crippen molar-refractivity contribution in [2.24, 2.45) is 5.92 Å². The molecule has 1 fully saturated rings. The molecule has 2 atom stereocenters. The van der Waals surface area contributed by atoms with Crippen LogP contribution in [-0.2, 0) is 14.3 Å². The van der Waals surface area contributed by atoms with Crippen molar-refractivity contribution in [1.82, 2.24) is 5.32 Å². The van der Waals surface area contributed by atoms with E-state index in [0.29, 0.717) is 30.9 Å². The van der Waals surface area contributed by atoms with Gasteiger partial charge in [0.15, 0.2) is 6.54 Å². The van der Waals surface area contributed by atoms with E-state index >= 15 is 0 Å². The molecular weight excluding hydrogens is 322 g/mol. The zero-order valence-electron chi connectivity index (χ0n) is 14.8. The van der Waals surface area contributed by atoms with E-state index in [1.807, 2.05) is 0 Å². The summed E-state index contributed by atoms with van der Waals surface area (Å²) in [5, 5.41) is 5.39. The number of carbonyl (C=O) groups is 3. The zero-order valence-corrected chi connectivity index (χ0v) is 14.8. The van der Waals surface area contributed by atoms with E-state index in [4.69, 9.17) is 4.74 Å². The molecule has 0 radical (unpaired) electrons. The van der Waals surface area contributed by atoms with Gasteiger partial charge in [0.1, 0.15) is 5.92 Å². The summed E-state index contributed by atoms with van der Waals surface area (Å²) >= 11 is 0. The van der Waals surface area contributed by atoms with Crippen LogP contribution in [0, 0.1) is 5.92 Å². The molecule has 0 saturated carbocycles. The highest BCUT2D eigenvalue weighted by Crippen LogP contribution is 2.10. The number of amides is 2. The van der Waals surface area contributed by atoms with Crippen molar-refractivity contribution in [3.05, 3.63) is 29.8 Å². The minimum absolute atomic E-state index is 0.104. The van der Waals surface area contributed by atoms with Crippen LogP contribution in [-0.4, -0.2) is 51.1 Å². The molecule has 3 N–H and O–H groups in total. The molecule has 1 heterocycles. The lowest BCUT2D eigenvalue weighted by Gasteiger charge is -2.28. The second-order valence-corrected chi connectivity index (χ2v) is 6.18. The topological polar surface area (TPSA) is 88.9 Å². The third kappa shape index (κ3) is 5.56. The van der Waals surface area contributed by atoms with Gasteiger partial charge >= 0.3 is 5.97 Å². The van der Waals surface area contributed by atoms with Crippen LogP contribution in [0.1, 0.15) is 30.1 Å². The lowest BCUT2D eigenvalue weighted by Crippen LogP contribution is -3.14. The highest BCUT2D eigenvalue weighted by Gasteiger charge is 2.30. The number of esters is 1. The standard InChI is InChI=1S/C18H25N3O4/c1-3-25-18(24)14-5-4-10-21(11-14)12-16(22)20-15-8-6-13(7-9-15)17(23)19-2/h6-9,14H,3-5,10-12H2,1-2H3,(H,19,23)(H,20,22)/p+1/t14-/m0/s1. The van der Waals surface area contributed by atoms with Gasteiger partial charge in [-0.05, 0) is 44.0 Å². The average Bonchev–Trinajstić information content (AvgIpc) is 2.62. The maximum Gasteiger partial charge on any atom is 0.314 e. The number of quaternary nitrogens is 1. The molecule has 136 valence electrons. The Morgan fingerprint density at radius 1 is 1.24 bits per heavy atom. The monoisotopic (exact) mass is 348 g/mol. The number of likely N-dealkylation sites (tertiary alicyclic amines) is 1. The number of piperidine rings is 1. The Kier molecular flexibility index (Phi) is 6.94. The summed E-state index contributed by atoms with van der Waals surface area (Å²) in [6.45, 7) is 4.00. The van der Waals surface area contributed by atoms with E-state index in [9.17, 15) is 14.4 Å². The summed E-state index contributed by atoms with van der Waals surface area (Å²) in [6.07, 6.45) is 1.73. The largest absolute Gasteiger partial charge is 0.466 e. The van der Waals surface area contributed by atoms with Crippen molar-refractivity contribution in [2.75, 3.05) is 38.6 Å². The van der Waals surface area contributed by atoms with Crippen LogP contribution in [0.3, 0.4) is 0 Å². The van der Waals surface area contributed by atoms with E-state index < -0.39 is 0 Å². The molecular formula is C18H26N3O4+. The Hall–Kier alpha value is -2.41. The van der Waals surface area contributed by atoms with Gasteiger partial charge in [0, 0.05) is 18.3 Å². The summed E-state index contributed by atoms with van der Waals surface area (Å²) in [7, 11) is 1.57. The highest BCUT2D eigenvalue weighted by molar-refractivity contribution is 5.95. The minimum Gasteiger partial charge on any atom is -0.466 e. The molecule has 2 rings (SSSR count). The molecule has 0 aliphatic carbocycles. The molecule has 2 amide bonds. The zero-order chi connectivity index (χ0) is 18.2. The van der Waals surface area contributed by atoms with Crippen molar-refractivity contribution in [1.29, 1.82) is 0 Å². The molecule has 1 aromatic rings. The van der Waals surface area contributed by atoms with Crippen molar-refractivity contribution in [3.63, 3.8) is 0 Å². The van der Waals surface area contributed by atoms with Gasteiger partial charge in [0.05, 0.1) is 19.7 Å². The van der Waals surface area contributed by atoms with E-state index in [1.165, 1.54) is 0 Å². The van der Waals surface area contributed by atoms with Crippen LogP contribution in [0.2, 0.25) is 0 Å². The number of benzene rings is 1. The Morgan fingerprint density at radius 2 is 1.96 bits per heavy atom. The Labute approximate surface area is 147 Å². The summed E-state index contributed by atoms with van der Waals surface area (Å²) in [5.74, 6) is -0.555. The predicted octanol–water partition coefficient (Wildman–Crippen LogP) is -0.157. The smallest absolute Gasteiger partial charge is 0.314 e. The maximum atomic E-state index is 12.2. The molecule has 1 unspecified atom stereocenters. The van der Waals surface area contributed by atoms with Gasteiger partial charge in [-0.25, -0.2) is 0 Å². The first kappa shape index (κ1) is 18.9. The van der Waals surface area contributed by atoms with Gasteiger partial charge in [0.2, 0.25) is 0 Å². The molecule has 25 heavy (non-hydrogen) atoms. The Balaban J connectivity index is 1.85. The number of hydrogen-bond acceptors (Lipinski definition) is 4. The van der Waals surface area contributed by atoms with E-state index in [2.05, 4.69) is 10.6 Å². The molecule has 1 aliphatic rings. The van der Waals surface area contributed by atoms with Gasteiger partial charge < -0.3 is 20.3 Å². The summed E-state index contributed by atoms with van der Waals surface area (Å²) < 4.78 is 5.08. The summed E-state index contributed by atoms with van der Waals surface area (Å²) in [5.41, 5.74) is 1.19. The predicted molar refractivity (Wildman–Crippen MR) is 93.4 cm³/mol. The molecule has 1 aromatic carbocycles. The lowest BCUT2D eigenvalue weighted by molar-refractivity contribution is -0.899. The van der Waals surface area contributed by atoms with Gasteiger partial charge in [0.25, 0.3) is 11.8 Å². The number of rotatable bonds is 6. The molecule has 1 aliphatic heterocycles. The number of nitrogens with one attached hydrogen (secondary N) is 3.